The van der Waals surface area contributed by atoms with Crippen LogP contribution >= 0.6 is 0 Å². The number of benzene rings is 3. The molecule has 0 amide bonds. The SMILES string of the molecule is CCCCCCCCC1(CCCCCCCC)c2cc3c(cc2-c2c1ccc1n[se]nc21)C(CCCCCCCC)(CCCCCCCC)c1ccc2n[se]nc2c1-3. The van der Waals surface area contributed by atoms with E-state index >= 15 is 0 Å². The first-order valence-corrected chi connectivity index (χ1v) is 27.4. The Kier molecular flexibility index (Phi) is 16.4. The molecule has 4 nitrogen and oxygen atoms in total. The second kappa shape index (κ2) is 21.6. The second-order valence-electron chi connectivity index (χ2n) is 18.4. The summed E-state index contributed by atoms with van der Waals surface area (Å²) in [6.45, 7) is 9.35. The number of unbranched alkanes of at least 4 members (excludes halogenated alkanes) is 20. The predicted octanol–water partition coefficient (Wildman–Crippen LogP) is 15.2. The minimum absolute atomic E-state index is 0.0166. The Balaban J connectivity index is 1.37. The van der Waals surface area contributed by atoms with Crippen LogP contribution < -0.4 is 0 Å². The van der Waals surface area contributed by atoms with Gasteiger partial charge in [-0.15, -0.1) is 0 Å². The van der Waals surface area contributed by atoms with Crippen molar-refractivity contribution >= 4 is 52.0 Å². The molecule has 0 spiro atoms. The molecule has 0 N–H and O–H groups in total. The topological polar surface area (TPSA) is 51.6 Å². The van der Waals surface area contributed by atoms with Crippen molar-refractivity contribution in [3.8, 4) is 22.3 Å². The third-order valence-electron chi connectivity index (χ3n) is 14.4. The molecule has 2 heterocycles. The molecular formula is C52H74N4Se2. The summed E-state index contributed by atoms with van der Waals surface area (Å²) in [5, 5.41) is 0. The van der Waals surface area contributed by atoms with Crippen LogP contribution in [0.25, 0.3) is 44.3 Å². The normalized spacial score (nSPS) is 14.7. The van der Waals surface area contributed by atoms with Crippen molar-refractivity contribution in [2.24, 2.45) is 0 Å². The van der Waals surface area contributed by atoms with Gasteiger partial charge in [0.25, 0.3) is 0 Å². The molecule has 5 aromatic rings. The molecule has 2 aliphatic rings. The van der Waals surface area contributed by atoms with E-state index in [1.165, 1.54) is 213 Å². The van der Waals surface area contributed by atoms with Crippen molar-refractivity contribution in [3.05, 3.63) is 58.7 Å². The number of aromatic nitrogens is 4. The average Bonchev–Trinajstić information content (AvgIpc) is 4.03. The molecule has 0 radical (unpaired) electrons. The molecule has 0 aliphatic heterocycles. The summed E-state index contributed by atoms with van der Waals surface area (Å²) in [6.07, 6.45) is 37.0. The van der Waals surface area contributed by atoms with E-state index in [1.54, 1.807) is 22.3 Å². The van der Waals surface area contributed by atoms with Gasteiger partial charge in [-0.1, -0.05) is 27.7 Å². The fraction of sp³-hybridized carbons (Fsp3) is 0.654. The zero-order chi connectivity index (χ0) is 40.2. The summed E-state index contributed by atoms with van der Waals surface area (Å²) in [5.41, 5.74) is 17.0. The Morgan fingerprint density at radius 3 is 1.00 bits per heavy atom. The number of hydrogen-bond acceptors (Lipinski definition) is 4. The van der Waals surface area contributed by atoms with Gasteiger partial charge in [0.2, 0.25) is 0 Å². The molecule has 3 aromatic carbocycles. The number of hydrogen-bond donors (Lipinski definition) is 0. The van der Waals surface area contributed by atoms with Crippen molar-refractivity contribution in [2.75, 3.05) is 0 Å². The van der Waals surface area contributed by atoms with Crippen LogP contribution in [0.1, 0.15) is 230 Å². The molecule has 314 valence electrons. The van der Waals surface area contributed by atoms with Crippen molar-refractivity contribution in [1.29, 1.82) is 0 Å². The first-order valence-electron chi connectivity index (χ1n) is 24.3. The Labute approximate surface area is 365 Å². The summed E-state index contributed by atoms with van der Waals surface area (Å²) in [5.74, 6) is 0. The van der Waals surface area contributed by atoms with Gasteiger partial charge in [-0.3, -0.25) is 0 Å². The van der Waals surface area contributed by atoms with Crippen LogP contribution in [-0.4, -0.2) is 45.8 Å². The first-order chi connectivity index (χ1) is 28.6. The monoisotopic (exact) mass is 914 g/mol. The second-order valence-corrected chi connectivity index (χ2v) is 20.6. The standard InChI is InChI=1S/C52H74N4Se2/c1-5-9-13-17-21-25-33-51(34-26-22-18-14-10-6-2)41-29-31-45-49(55-57-53-45)47(41)39-38-44-40(37-43(39)51)48-42(30-32-46-50(48)56-58-54-46)52(44,35-27-23-19-15-11-7-3)36-28-24-20-16-12-8-4/h29-32,37-38H,5-28,33-36H2,1-4H3. The Morgan fingerprint density at radius 2 is 0.672 bits per heavy atom. The molecule has 2 aromatic heterocycles. The van der Waals surface area contributed by atoms with Crippen molar-refractivity contribution in [3.63, 3.8) is 0 Å². The van der Waals surface area contributed by atoms with E-state index in [9.17, 15) is 0 Å². The number of nitrogens with zero attached hydrogens (tertiary/aromatic N) is 4. The summed E-state index contributed by atoms with van der Waals surface area (Å²) in [7, 11) is 0. The first kappa shape index (κ1) is 44.0. The van der Waals surface area contributed by atoms with Gasteiger partial charge in [0.1, 0.15) is 0 Å². The van der Waals surface area contributed by atoms with E-state index < -0.39 is 0 Å². The zero-order valence-corrected chi connectivity index (χ0v) is 40.3. The van der Waals surface area contributed by atoms with Crippen LogP contribution in [0, 0.1) is 0 Å². The molecule has 0 bridgehead atoms. The van der Waals surface area contributed by atoms with Gasteiger partial charge in [-0.05, 0) is 0 Å². The summed E-state index contributed by atoms with van der Waals surface area (Å²) in [6, 6.07) is 15.3. The van der Waals surface area contributed by atoms with Gasteiger partial charge in [0, 0.05) is 0 Å². The van der Waals surface area contributed by atoms with Crippen molar-refractivity contribution < 1.29 is 0 Å². The molecule has 2 aliphatic carbocycles. The average molecular weight is 913 g/mol. The predicted molar refractivity (Wildman–Crippen MR) is 251 cm³/mol. The maximum absolute atomic E-state index is 5.25. The molecule has 58 heavy (non-hydrogen) atoms. The van der Waals surface area contributed by atoms with Crippen LogP contribution in [0.15, 0.2) is 36.4 Å². The quantitative estimate of drug-likeness (QED) is 0.0371. The summed E-state index contributed by atoms with van der Waals surface area (Å²) < 4.78 is 20.5. The van der Waals surface area contributed by atoms with Crippen molar-refractivity contribution in [1.82, 2.24) is 15.9 Å². The zero-order valence-electron chi connectivity index (χ0n) is 36.9. The number of fused-ring (bicyclic) bond motifs is 10. The van der Waals surface area contributed by atoms with Crippen LogP contribution in [0.2, 0.25) is 0 Å². The maximum atomic E-state index is 5.25. The Hall–Kier alpha value is -2.10. The minimum atomic E-state index is -0.0546. The van der Waals surface area contributed by atoms with E-state index in [0.29, 0.717) is 0 Å². The number of rotatable bonds is 28. The molecular weight excluding hydrogens is 839 g/mol. The van der Waals surface area contributed by atoms with Gasteiger partial charge in [0.15, 0.2) is 0 Å². The van der Waals surface area contributed by atoms with Crippen molar-refractivity contribution in [2.45, 2.75) is 218 Å². The van der Waals surface area contributed by atoms with Gasteiger partial charge in [-0.2, -0.15) is 0 Å². The molecule has 0 unspecified atom stereocenters. The van der Waals surface area contributed by atoms with E-state index in [4.69, 9.17) is 15.9 Å². The van der Waals surface area contributed by atoms with E-state index in [0.717, 1.165) is 11.0 Å². The van der Waals surface area contributed by atoms with E-state index in [2.05, 4.69) is 64.1 Å². The van der Waals surface area contributed by atoms with Gasteiger partial charge < -0.3 is 0 Å². The van der Waals surface area contributed by atoms with Gasteiger partial charge >= 0.3 is 339 Å². The summed E-state index contributed by atoms with van der Waals surface area (Å²) in [4.78, 5) is 0. The van der Waals surface area contributed by atoms with Gasteiger partial charge in [-0.25, -0.2) is 0 Å². The fourth-order valence-corrected chi connectivity index (χ4v) is 13.6. The fourth-order valence-electron chi connectivity index (χ4n) is 11.3. The van der Waals surface area contributed by atoms with Crippen LogP contribution in [0.5, 0.6) is 0 Å². The molecule has 0 atom stereocenters. The van der Waals surface area contributed by atoms with Crippen LogP contribution in [0.3, 0.4) is 0 Å². The molecule has 0 saturated carbocycles. The Morgan fingerprint density at radius 1 is 0.362 bits per heavy atom. The van der Waals surface area contributed by atoms with Crippen LogP contribution in [0.4, 0.5) is 0 Å². The van der Waals surface area contributed by atoms with E-state index in [-0.39, 0.29) is 40.8 Å². The molecule has 7 rings (SSSR count). The Bertz CT molecular complexity index is 1860. The van der Waals surface area contributed by atoms with Gasteiger partial charge in [0.05, 0.1) is 0 Å². The van der Waals surface area contributed by atoms with Crippen LogP contribution in [-0.2, 0) is 10.8 Å². The molecule has 0 fully saturated rings. The molecule has 0 saturated heterocycles. The third-order valence-corrected chi connectivity index (χ3v) is 16.7. The third kappa shape index (κ3) is 9.22. The molecule has 6 heteroatoms. The summed E-state index contributed by atoms with van der Waals surface area (Å²) >= 11 is -0.109. The van der Waals surface area contributed by atoms with E-state index in [1.807, 2.05) is 0 Å².